The smallest absolute Gasteiger partial charge is 0.118 e. The standard InChI is InChI=1S/C16H25ClO/c1-13(2)8-6-4-3-5-7-9-14-12-15(17)10-11-16(14)18/h10-13,18H,3-9H2,1-2H3. The van der Waals surface area contributed by atoms with Gasteiger partial charge in [0.05, 0.1) is 0 Å². The van der Waals surface area contributed by atoms with Crippen molar-refractivity contribution in [2.75, 3.05) is 0 Å². The maximum Gasteiger partial charge on any atom is 0.118 e. The molecule has 0 aliphatic heterocycles. The molecule has 0 aromatic heterocycles. The molecular weight excluding hydrogens is 244 g/mol. The molecule has 1 aromatic carbocycles. The average molecular weight is 269 g/mol. The van der Waals surface area contributed by atoms with Crippen LogP contribution in [0, 0.1) is 5.92 Å². The molecule has 0 aliphatic rings. The fourth-order valence-corrected chi connectivity index (χ4v) is 2.35. The summed E-state index contributed by atoms with van der Waals surface area (Å²) in [6.07, 6.45) is 8.62. The number of phenols is 1. The van der Waals surface area contributed by atoms with Crippen molar-refractivity contribution >= 4 is 11.6 Å². The Labute approximate surface area is 116 Å². The first-order valence-electron chi connectivity index (χ1n) is 7.07. The van der Waals surface area contributed by atoms with Crippen LogP contribution in [0.25, 0.3) is 0 Å². The van der Waals surface area contributed by atoms with E-state index in [2.05, 4.69) is 13.8 Å². The van der Waals surface area contributed by atoms with E-state index in [1.165, 1.54) is 32.1 Å². The van der Waals surface area contributed by atoms with E-state index in [9.17, 15) is 5.11 Å². The molecule has 1 N–H and O–H groups in total. The molecule has 0 aliphatic carbocycles. The predicted octanol–water partition coefficient (Wildman–Crippen LogP) is 5.58. The molecule has 0 unspecified atom stereocenters. The highest BCUT2D eigenvalue weighted by Gasteiger charge is 2.02. The second-order valence-electron chi connectivity index (χ2n) is 5.47. The lowest BCUT2D eigenvalue weighted by Crippen LogP contribution is -1.89. The van der Waals surface area contributed by atoms with Crippen LogP contribution in [0.4, 0.5) is 0 Å². The molecule has 0 spiro atoms. The molecule has 18 heavy (non-hydrogen) atoms. The molecule has 0 amide bonds. The van der Waals surface area contributed by atoms with Crippen LogP contribution in [0.15, 0.2) is 18.2 Å². The Morgan fingerprint density at radius 1 is 1.06 bits per heavy atom. The van der Waals surface area contributed by atoms with Crippen LogP contribution in [-0.4, -0.2) is 5.11 Å². The molecule has 0 saturated carbocycles. The zero-order valence-electron chi connectivity index (χ0n) is 11.6. The van der Waals surface area contributed by atoms with Crippen LogP contribution >= 0.6 is 11.6 Å². The molecule has 1 nitrogen and oxygen atoms in total. The van der Waals surface area contributed by atoms with Crippen LogP contribution in [0.3, 0.4) is 0 Å². The Hall–Kier alpha value is -0.690. The number of aromatic hydroxyl groups is 1. The Morgan fingerprint density at radius 2 is 1.72 bits per heavy atom. The monoisotopic (exact) mass is 268 g/mol. The lowest BCUT2D eigenvalue weighted by atomic mass is 10.0. The van der Waals surface area contributed by atoms with E-state index in [1.54, 1.807) is 12.1 Å². The normalized spacial score (nSPS) is 11.1. The Balaban J connectivity index is 2.12. The third kappa shape index (κ3) is 6.30. The average Bonchev–Trinajstić information content (AvgIpc) is 2.32. The van der Waals surface area contributed by atoms with E-state index in [0.717, 1.165) is 24.3 Å². The molecule has 0 fully saturated rings. The van der Waals surface area contributed by atoms with Crippen LogP contribution in [0.1, 0.15) is 57.9 Å². The summed E-state index contributed by atoms with van der Waals surface area (Å²) in [6, 6.07) is 5.28. The number of hydrogen-bond donors (Lipinski definition) is 1. The number of phenolic OH excluding ortho intramolecular Hbond substituents is 1. The highest BCUT2D eigenvalue weighted by molar-refractivity contribution is 6.30. The molecule has 0 bridgehead atoms. The Bertz CT molecular complexity index is 347. The zero-order chi connectivity index (χ0) is 13.4. The van der Waals surface area contributed by atoms with Gasteiger partial charge in [-0.05, 0) is 42.5 Å². The molecule has 102 valence electrons. The Kier molecular flexibility index (Phi) is 7.19. The highest BCUT2D eigenvalue weighted by Crippen LogP contribution is 2.23. The number of halogens is 1. The minimum atomic E-state index is 0.374. The quantitative estimate of drug-likeness (QED) is 0.610. The van der Waals surface area contributed by atoms with E-state index in [4.69, 9.17) is 11.6 Å². The van der Waals surface area contributed by atoms with Crippen molar-refractivity contribution in [1.82, 2.24) is 0 Å². The van der Waals surface area contributed by atoms with Gasteiger partial charge < -0.3 is 5.11 Å². The molecule has 0 radical (unpaired) electrons. The van der Waals surface area contributed by atoms with Gasteiger partial charge >= 0.3 is 0 Å². The SMILES string of the molecule is CC(C)CCCCCCCc1cc(Cl)ccc1O. The van der Waals surface area contributed by atoms with E-state index >= 15 is 0 Å². The lowest BCUT2D eigenvalue weighted by Gasteiger charge is -2.06. The van der Waals surface area contributed by atoms with Crippen LogP contribution in [-0.2, 0) is 6.42 Å². The topological polar surface area (TPSA) is 20.2 Å². The molecular formula is C16H25ClO. The summed E-state index contributed by atoms with van der Waals surface area (Å²) in [7, 11) is 0. The summed E-state index contributed by atoms with van der Waals surface area (Å²) in [4.78, 5) is 0. The van der Waals surface area contributed by atoms with Gasteiger partial charge in [-0.25, -0.2) is 0 Å². The number of benzene rings is 1. The van der Waals surface area contributed by atoms with Crippen molar-refractivity contribution in [3.05, 3.63) is 28.8 Å². The maximum atomic E-state index is 9.68. The van der Waals surface area contributed by atoms with Crippen LogP contribution in [0.2, 0.25) is 5.02 Å². The fraction of sp³-hybridized carbons (Fsp3) is 0.625. The zero-order valence-corrected chi connectivity index (χ0v) is 12.3. The third-order valence-corrected chi connectivity index (χ3v) is 3.50. The van der Waals surface area contributed by atoms with Crippen molar-refractivity contribution in [1.29, 1.82) is 0 Å². The maximum absolute atomic E-state index is 9.68. The van der Waals surface area contributed by atoms with Gasteiger partial charge in [-0.15, -0.1) is 0 Å². The number of unbranched alkanes of at least 4 members (excludes halogenated alkanes) is 4. The van der Waals surface area contributed by atoms with E-state index in [1.807, 2.05) is 6.07 Å². The molecule has 0 atom stereocenters. The van der Waals surface area contributed by atoms with E-state index in [0.29, 0.717) is 10.8 Å². The Morgan fingerprint density at radius 3 is 2.44 bits per heavy atom. The summed E-state index contributed by atoms with van der Waals surface area (Å²) in [5.41, 5.74) is 0.977. The van der Waals surface area contributed by atoms with Gasteiger partial charge in [0.2, 0.25) is 0 Å². The van der Waals surface area contributed by atoms with Gasteiger partial charge in [-0.1, -0.05) is 57.6 Å². The summed E-state index contributed by atoms with van der Waals surface area (Å²) < 4.78 is 0. The minimum Gasteiger partial charge on any atom is -0.508 e. The van der Waals surface area contributed by atoms with Gasteiger partial charge in [-0.3, -0.25) is 0 Å². The van der Waals surface area contributed by atoms with Gasteiger partial charge in [-0.2, -0.15) is 0 Å². The molecule has 1 rings (SSSR count). The van der Waals surface area contributed by atoms with Crippen molar-refractivity contribution < 1.29 is 5.11 Å². The van der Waals surface area contributed by atoms with Crippen molar-refractivity contribution in [2.24, 2.45) is 5.92 Å². The largest absolute Gasteiger partial charge is 0.508 e. The van der Waals surface area contributed by atoms with E-state index < -0.39 is 0 Å². The molecule has 0 heterocycles. The summed E-state index contributed by atoms with van der Waals surface area (Å²) in [6.45, 7) is 4.56. The molecule has 2 heteroatoms. The highest BCUT2D eigenvalue weighted by atomic mass is 35.5. The predicted molar refractivity (Wildman–Crippen MR) is 79.4 cm³/mol. The van der Waals surface area contributed by atoms with Gasteiger partial charge in [0.1, 0.15) is 5.75 Å². The van der Waals surface area contributed by atoms with Crippen molar-refractivity contribution in [2.45, 2.75) is 58.8 Å². The minimum absolute atomic E-state index is 0.374. The molecule has 1 aromatic rings. The van der Waals surface area contributed by atoms with Crippen LogP contribution < -0.4 is 0 Å². The first kappa shape index (κ1) is 15.4. The first-order chi connectivity index (χ1) is 8.59. The van der Waals surface area contributed by atoms with Crippen molar-refractivity contribution in [3.63, 3.8) is 0 Å². The number of aryl methyl sites for hydroxylation is 1. The molecule has 0 saturated heterocycles. The number of hydrogen-bond acceptors (Lipinski definition) is 1. The van der Waals surface area contributed by atoms with Crippen molar-refractivity contribution in [3.8, 4) is 5.75 Å². The second-order valence-corrected chi connectivity index (χ2v) is 5.91. The lowest BCUT2D eigenvalue weighted by molar-refractivity contribution is 0.465. The van der Waals surface area contributed by atoms with Gasteiger partial charge in [0, 0.05) is 5.02 Å². The number of rotatable bonds is 8. The fourth-order valence-electron chi connectivity index (χ4n) is 2.15. The van der Waals surface area contributed by atoms with Gasteiger partial charge in [0.25, 0.3) is 0 Å². The summed E-state index contributed by atoms with van der Waals surface area (Å²) in [5.74, 6) is 1.20. The third-order valence-electron chi connectivity index (χ3n) is 3.27. The first-order valence-corrected chi connectivity index (χ1v) is 7.45. The summed E-state index contributed by atoms with van der Waals surface area (Å²) in [5, 5.41) is 10.4. The van der Waals surface area contributed by atoms with E-state index in [-0.39, 0.29) is 0 Å². The second kappa shape index (κ2) is 8.42. The van der Waals surface area contributed by atoms with Gasteiger partial charge in [0.15, 0.2) is 0 Å². The summed E-state index contributed by atoms with van der Waals surface area (Å²) >= 11 is 5.92. The van der Waals surface area contributed by atoms with Crippen LogP contribution in [0.5, 0.6) is 5.75 Å².